The number of anilines is 1. The SMILES string of the molecule is Cc1ccc(-n2ncc3c2NC(=O)C[C@H]3c2ccc3c(c2)OCO3)cc1. The first kappa shape index (κ1) is 15.0. The number of amides is 1. The second-order valence-corrected chi connectivity index (χ2v) is 6.61. The lowest BCUT2D eigenvalue weighted by atomic mass is 9.87. The quantitative estimate of drug-likeness (QED) is 0.772. The van der Waals surface area contributed by atoms with E-state index >= 15 is 0 Å². The number of rotatable bonds is 2. The molecular formula is C20H17N3O3. The maximum absolute atomic E-state index is 12.4. The molecule has 2 aliphatic heterocycles. The Morgan fingerprint density at radius 2 is 1.92 bits per heavy atom. The van der Waals surface area contributed by atoms with E-state index in [0.717, 1.165) is 34.1 Å². The van der Waals surface area contributed by atoms with Crippen molar-refractivity contribution in [2.24, 2.45) is 0 Å². The summed E-state index contributed by atoms with van der Waals surface area (Å²) in [5.41, 5.74) is 4.12. The van der Waals surface area contributed by atoms with Crippen LogP contribution in [0.4, 0.5) is 5.82 Å². The molecule has 0 saturated heterocycles. The lowest BCUT2D eigenvalue weighted by Gasteiger charge is -2.24. The third kappa shape index (κ3) is 2.34. The second kappa shape index (κ2) is 5.62. The Hall–Kier alpha value is -3.28. The number of fused-ring (bicyclic) bond motifs is 2. The first-order chi connectivity index (χ1) is 12.7. The van der Waals surface area contributed by atoms with Crippen LogP contribution in [0.1, 0.15) is 29.0 Å². The highest BCUT2D eigenvalue weighted by molar-refractivity contribution is 5.94. The molecule has 0 fully saturated rings. The van der Waals surface area contributed by atoms with Crippen LogP contribution in [0.25, 0.3) is 5.69 Å². The topological polar surface area (TPSA) is 65.4 Å². The van der Waals surface area contributed by atoms with E-state index in [1.54, 1.807) is 4.68 Å². The molecular weight excluding hydrogens is 330 g/mol. The van der Waals surface area contributed by atoms with Gasteiger partial charge in [0.2, 0.25) is 12.7 Å². The van der Waals surface area contributed by atoms with E-state index in [4.69, 9.17) is 9.47 Å². The zero-order chi connectivity index (χ0) is 17.7. The van der Waals surface area contributed by atoms with Crippen LogP contribution in [-0.2, 0) is 4.79 Å². The summed E-state index contributed by atoms with van der Waals surface area (Å²) >= 11 is 0. The number of ether oxygens (including phenoxy) is 2. The average molecular weight is 347 g/mol. The highest BCUT2D eigenvalue weighted by atomic mass is 16.7. The van der Waals surface area contributed by atoms with Crippen molar-refractivity contribution in [2.45, 2.75) is 19.3 Å². The van der Waals surface area contributed by atoms with Crippen LogP contribution in [0.15, 0.2) is 48.7 Å². The molecule has 1 aromatic heterocycles. The molecule has 0 bridgehead atoms. The summed E-state index contributed by atoms with van der Waals surface area (Å²) < 4.78 is 12.7. The summed E-state index contributed by atoms with van der Waals surface area (Å²) in [6.45, 7) is 2.28. The summed E-state index contributed by atoms with van der Waals surface area (Å²) in [5, 5.41) is 7.51. The Kier molecular flexibility index (Phi) is 3.25. The number of carbonyl (C=O) groups excluding carboxylic acids is 1. The van der Waals surface area contributed by atoms with Crippen molar-refractivity contribution in [3.63, 3.8) is 0 Å². The summed E-state index contributed by atoms with van der Waals surface area (Å²) in [6.07, 6.45) is 2.22. The van der Waals surface area contributed by atoms with Crippen molar-refractivity contribution in [1.82, 2.24) is 9.78 Å². The first-order valence-electron chi connectivity index (χ1n) is 8.53. The standard InChI is InChI=1S/C20H17N3O3/c1-12-2-5-14(6-3-12)23-20-16(10-21-23)15(9-19(24)22-20)13-4-7-17-18(8-13)26-11-25-17/h2-8,10,15H,9,11H2,1H3,(H,22,24)/t15-/m0/s1. The van der Waals surface area contributed by atoms with E-state index in [2.05, 4.69) is 10.4 Å². The van der Waals surface area contributed by atoms with Crippen LogP contribution in [-0.4, -0.2) is 22.5 Å². The fraction of sp³-hybridized carbons (Fsp3) is 0.200. The van der Waals surface area contributed by atoms with Gasteiger partial charge in [0.25, 0.3) is 0 Å². The van der Waals surface area contributed by atoms with Gasteiger partial charge in [0.15, 0.2) is 11.5 Å². The molecule has 0 spiro atoms. The zero-order valence-corrected chi connectivity index (χ0v) is 14.2. The summed E-state index contributed by atoms with van der Waals surface area (Å²) in [5.74, 6) is 2.11. The fourth-order valence-corrected chi connectivity index (χ4v) is 3.53. The predicted octanol–water partition coefficient (Wildman–Crippen LogP) is 3.38. The Bertz CT molecular complexity index is 1010. The van der Waals surface area contributed by atoms with Gasteiger partial charge in [-0.2, -0.15) is 5.10 Å². The molecule has 2 aliphatic rings. The van der Waals surface area contributed by atoms with Crippen LogP contribution in [0.5, 0.6) is 11.5 Å². The average Bonchev–Trinajstić information content (AvgIpc) is 3.27. The molecule has 26 heavy (non-hydrogen) atoms. The van der Waals surface area contributed by atoms with Gasteiger partial charge in [0.1, 0.15) is 5.82 Å². The van der Waals surface area contributed by atoms with Crippen molar-refractivity contribution in [2.75, 3.05) is 12.1 Å². The minimum atomic E-state index is -0.0625. The number of hydrogen-bond acceptors (Lipinski definition) is 4. The number of benzene rings is 2. The number of aryl methyl sites for hydroxylation is 1. The zero-order valence-electron chi connectivity index (χ0n) is 14.2. The molecule has 1 amide bonds. The molecule has 3 heterocycles. The van der Waals surface area contributed by atoms with Crippen LogP contribution >= 0.6 is 0 Å². The van der Waals surface area contributed by atoms with Gasteiger partial charge in [0.05, 0.1) is 11.9 Å². The normalized spacial score (nSPS) is 17.7. The molecule has 0 aliphatic carbocycles. The highest BCUT2D eigenvalue weighted by Gasteiger charge is 2.31. The molecule has 5 rings (SSSR count). The van der Waals surface area contributed by atoms with E-state index in [0.29, 0.717) is 6.42 Å². The van der Waals surface area contributed by atoms with Crippen molar-refractivity contribution >= 4 is 11.7 Å². The molecule has 0 unspecified atom stereocenters. The lowest BCUT2D eigenvalue weighted by molar-refractivity contribution is -0.116. The van der Waals surface area contributed by atoms with E-state index in [1.807, 2.05) is 55.6 Å². The number of hydrogen-bond donors (Lipinski definition) is 1. The van der Waals surface area contributed by atoms with Crippen molar-refractivity contribution in [3.05, 3.63) is 65.4 Å². The van der Waals surface area contributed by atoms with Gasteiger partial charge >= 0.3 is 0 Å². The van der Waals surface area contributed by atoms with E-state index in [1.165, 1.54) is 5.56 Å². The van der Waals surface area contributed by atoms with Gasteiger partial charge in [-0.1, -0.05) is 23.8 Å². The molecule has 0 saturated carbocycles. The van der Waals surface area contributed by atoms with Gasteiger partial charge in [-0.15, -0.1) is 0 Å². The Balaban J connectivity index is 1.59. The molecule has 0 radical (unpaired) electrons. The molecule has 2 aromatic carbocycles. The van der Waals surface area contributed by atoms with Crippen molar-refractivity contribution < 1.29 is 14.3 Å². The number of nitrogens with zero attached hydrogens (tertiary/aromatic N) is 2. The van der Waals surface area contributed by atoms with Crippen LogP contribution in [0, 0.1) is 6.92 Å². The molecule has 1 atom stereocenters. The molecule has 1 N–H and O–H groups in total. The van der Waals surface area contributed by atoms with Crippen molar-refractivity contribution in [3.8, 4) is 17.2 Å². The minimum absolute atomic E-state index is 0.0194. The third-order valence-electron chi connectivity index (χ3n) is 4.90. The van der Waals surface area contributed by atoms with Gasteiger partial charge in [-0.25, -0.2) is 4.68 Å². The molecule has 130 valence electrons. The Morgan fingerprint density at radius 3 is 2.77 bits per heavy atom. The predicted molar refractivity (Wildman–Crippen MR) is 96.0 cm³/mol. The molecule has 6 heteroatoms. The van der Waals surface area contributed by atoms with Crippen LogP contribution in [0.2, 0.25) is 0 Å². The van der Waals surface area contributed by atoms with Gasteiger partial charge in [0, 0.05) is 17.9 Å². The summed E-state index contributed by atoms with van der Waals surface area (Å²) in [4.78, 5) is 12.4. The first-order valence-corrected chi connectivity index (χ1v) is 8.53. The van der Waals surface area contributed by atoms with Crippen LogP contribution < -0.4 is 14.8 Å². The fourth-order valence-electron chi connectivity index (χ4n) is 3.53. The Labute approximate surface area is 150 Å². The van der Waals surface area contributed by atoms with Gasteiger partial charge < -0.3 is 14.8 Å². The van der Waals surface area contributed by atoms with Gasteiger partial charge in [-0.05, 0) is 36.8 Å². The number of carbonyl (C=O) groups is 1. The summed E-state index contributed by atoms with van der Waals surface area (Å²) in [6, 6.07) is 13.9. The monoisotopic (exact) mass is 347 g/mol. The van der Waals surface area contributed by atoms with E-state index in [9.17, 15) is 4.79 Å². The van der Waals surface area contributed by atoms with Crippen LogP contribution in [0.3, 0.4) is 0 Å². The van der Waals surface area contributed by atoms with Crippen molar-refractivity contribution in [1.29, 1.82) is 0 Å². The second-order valence-electron chi connectivity index (χ2n) is 6.61. The summed E-state index contributed by atoms with van der Waals surface area (Å²) in [7, 11) is 0. The Morgan fingerprint density at radius 1 is 1.12 bits per heavy atom. The molecule has 6 nitrogen and oxygen atoms in total. The minimum Gasteiger partial charge on any atom is -0.454 e. The smallest absolute Gasteiger partial charge is 0.231 e. The largest absolute Gasteiger partial charge is 0.454 e. The molecule has 3 aromatic rings. The third-order valence-corrected chi connectivity index (χ3v) is 4.90. The van der Waals surface area contributed by atoms with E-state index in [-0.39, 0.29) is 18.6 Å². The number of aromatic nitrogens is 2. The number of nitrogens with one attached hydrogen (secondary N) is 1. The highest BCUT2D eigenvalue weighted by Crippen LogP contribution is 2.41. The van der Waals surface area contributed by atoms with E-state index < -0.39 is 0 Å². The van der Waals surface area contributed by atoms with Gasteiger partial charge in [-0.3, -0.25) is 4.79 Å². The maximum atomic E-state index is 12.4. The lowest BCUT2D eigenvalue weighted by Crippen LogP contribution is -2.24. The maximum Gasteiger partial charge on any atom is 0.231 e.